The Morgan fingerprint density at radius 1 is 0.583 bits per heavy atom. The summed E-state index contributed by atoms with van der Waals surface area (Å²) in [5, 5.41) is 6.53. The van der Waals surface area contributed by atoms with Crippen LogP contribution in [0.1, 0.15) is 11.2 Å². The monoisotopic (exact) mass is 649 g/mol. The lowest BCUT2D eigenvalue weighted by Crippen LogP contribution is -2.21. The molecule has 0 saturated heterocycles. The maximum atomic E-state index is 13.3. The minimum Gasteiger partial charge on any atom is -0.325 e. The van der Waals surface area contributed by atoms with E-state index in [0.717, 1.165) is 22.0 Å². The normalized spacial score (nSPS) is 12.0. The first-order valence-electron chi connectivity index (χ1n) is 15.5. The lowest BCUT2D eigenvalue weighted by molar-refractivity contribution is -0.116. The molecule has 2 aromatic heterocycles. The highest BCUT2D eigenvalue weighted by Crippen LogP contribution is 2.54. The third kappa shape index (κ3) is 6.31. The molecule has 0 aliphatic rings. The predicted octanol–water partition coefficient (Wildman–Crippen LogP) is 9.27. The number of carbonyl (C=O) groups is 1. The van der Waals surface area contributed by atoms with Crippen molar-refractivity contribution >= 4 is 51.8 Å². The average molecular weight is 650 g/mol. The van der Waals surface area contributed by atoms with E-state index < -0.39 is 19.2 Å². The summed E-state index contributed by atoms with van der Waals surface area (Å²) >= 11 is 0. The van der Waals surface area contributed by atoms with Crippen molar-refractivity contribution in [3.63, 3.8) is 0 Å². The zero-order chi connectivity index (χ0) is 33.1. The van der Waals surface area contributed by atoms with Crippen molar-refractivity contribution in [2.24, 2.45) is 0 Å². The van der Waals surface area contributed by atoms with Crippen molar-refractivity contribution in [1.29, 1.82) is 0 Å². The maximum absolute atomic E-state index is 13.3. The molecule has 8 rings (SSSR count). The SMILES string of the molecule is O=C(Nc1ccc2ccccc2c1)C(c1cn(-c2ccccc2)c2ccccc12)P(=O)(O)O.c1ccc(-n2ccc3ccccc32)cc1. The van der Waals surface area contributed by atoms with Crippen LogP contribution in [0, 0.1) is 0 Å². The van der Waals surface area contributed by atoms with E-state index >= 15 is 0 Å². The number of benzene rings is 6. The Bertz CT molecular complexity index is 2410. The first kappa shape index (κ1) is 30.9. The van der Waals surface area contributed by atoms with Crippen LogP contribution in [0.2, 0.25) is 0 Å². The summed E-state index contributed by atoms with van der Waals surface area (Å²) in [4.78, 5) is 33.7. The number of rotatable bonds is 6. The van der Waals surface area contributed by atoms with Gasteiger partial charge in [-0.25, -0.2) is 0 Å². The summed E-state index contributed by atoms with van der Waals surface area (Å²) in [6.45, 7) is 0. The molecule has 0 radical (unpaired) electrons. The van der Waals surface area contributed by atoms with Gasteiger partial charge in [-0.15, -0.1) is 0 Å². The molecule has 8 heteroatoms. The fraction of sp³-hybridized carbons (Fsp3) is 0.0250. The molecule has 0 saturated carbocycles. The van der Waals surface area contributed by atoms with Crippen LogP contribution < -0.4 is 5.32 Å². The fourth-order valence-corrected chi connectivity index (χ4v) is 7.01. The topological polar surface area (TPSA) is 96.5 Å². The third-order valence-corrected chi connectivity index (χ3v) is 9.49. The van der Waals surface area contributed by atoms with E-state index in [4.69, 9.17) is 0 Å². The number of nitrogens with one attached hydrogen (secondary N) is 1. The molecule has 8 aromatic rings. The van der Waals surface area contributed by atoms with Gasteiger partial charge in [-0.1, -0.05) is 103 Å². The maximum Gasteiger partial charge on any atom is 0.342 e. The molecule has 0 aliphatic carbocycles. The highest BCUT2D eigenvalue weighted by atomic mass is 31.2. The van der Waals surface area contributed by atoms with Crippen molar-refractivity contribution < 1.29 is 19.1 Å². The summed E-state index contributed by atoms with van der Waals surface area (Å²) < 4.78 is 16.6. The lowest BCUT2D eigenvalue weighted by Gasteiger charge is -2.18. The van der Waals surface area contributed by atoms with Gasteiger partial charge >= 0.3 is 7.60 Å². The number of anilines is 1. The molecule has 1 unspecified atom stereocenters. The summed E-state index contributed by atoms with van der Waals surface area (Å²) in [7, 11) is -4.85. The van der Waals surface area contributed by atoms with Gasteiger partial charge in [0.05, 0.1) is 11.0 Å². The van der Waals surface area contributed by atoms with Crippen LogP contribution in [-0.4, -0.2) is 24.8 Å². The molecular formula is C40H32N3O4P. The number of hydrogen-bond acceptors (Lipinski definition) is 2. The van der Waals surface area contributed by atoms with E-state index in [1.165, 1.54) is 16.6 Å². The molecule has 236 valence electrons. The molecule has 3 N–H and O–H groups in total. The van der Waals surface area contributed by atoms with Gasteiger partial charge < -0.3 is 24.2 Å². The fourth-order valence-electron chi connectivity index (χ4n) is 6.08. The summed E-state index contributed by atoms with van der Waals surface area (Å²) in [5.41, 5.74) is 3.15. The molecule has 1 amide bonds. The second kappa shape index (κ2) is 13.2. The number of hydrogen-bond donors (Lipinski definition) is 3. The molecule has 7 nitrogen and oxygen atoms in total. The minimum atomic E-state index is -4.85. The Morgan fingerprint density at radius 3 is 1.83 bits per heavy atom. The van der Waals surface area contributed by atoms with E-state index in [1.807, 2.05) is 83.4 Å². The second-order valence-corrected chi connectivity index (χ2v) is 13.1. The van der Waals surface area contributed by atoms with Crippen LogP contribution in [0.5, 0.6) is 0 Å². The Hall–Kier alpha value is -5.72. The molecule has 48 heavy (non-hydrogen) atoms. The first-order valence-corrected chi connectivity index (χ1v) is 17.2. The highest BCUT2D eigenvalue weighted by molar-refractivity contribution is 7.53. The second-order valence-electron chi connectivity index (χ2n) is 11.4. The van der Waals surface area contributed by atoms with Gasteiger partial charge in [-0.2, -0.15) is 0 Å². The van der Waals surface area contributed by atoms with E-state index in [9.17, 15) is 19.1 Å². The van der Waals surface area contributed by atoms with E-state index in [0.29, 0.717) is 11.1 Å². The highest BCUT2D eigenvalue weighted by Gasteiger charge is 2.39. The van der Waals surface area contributed by atoms with Gasteiger partial charge in [0.25, 0.3) is 0 Å². The van der Waals surface area contributed by atoms with E-state index in [-0.39, 0.29) is 5.56 Å². The number of carbonyl (C=O) groups excluding carboxylic acids is 1. The summed E-state index contributed by atoms with van der Waals surface area (Å²) in [6, 6.07) is 50.8. The Balaban J connectivity index is 0.000000201. The average Bonchev–Trinajstić information content (AvgIpc) is 3.71. The number of amides is 1. The van der Waals surface area contributed by atoms with Gasteiger partial charge in [0.2, 0.25) is 5.91 Å². The van der Waals surface area contributed by atoms with Crippen LogP contribution in [0.3, 0.4) is 0 Å². The molecule has 2 heterocycles. The Labute approximate surface area is 277 Å². The predicted molar refractivity (Wildman–Crippen MR) is 194 cm³/mol. The van der Waals surface area contributed by atoms with Gasteiger partial charge in [0.15, 0.2) is 5.66 Å². The van der Waals surface area contributed by atoms with Crippen LogP contribution in [0.4, 0.5) is 5.69 Å². The van der Waals surface area contributed by atoms with Gasteiger partial charge in [-0.3, -0.25) is 9.36 Å². The van der Waals surface area contributed by atoms with Gasteiger partial charge in [0, 0.05) is 40.4 Å². The third-order valence-electron chi connectivity index (χ3n) is 8.31. The molecule has 0 aliphatic heterocycles. The van der Waals surface area contributed by atoms with Crippen LogP contribution in [-0.2, 0) is 9.36 Å². The van der Waals surface area contributed by atoms with Gasteiger partial charge in [-0.05, 0) is 70.8 Å². The standard InChI is InChI=1S/C26H21N2O4P.C14H11N/c29-26(27-20-15-14-18-8-4-5-9-19(18)16-20)25(33(30,31)32)23-17-28(21-10-2-1-3-11-21)24-13-7-6-12-22(23)24;1-2-7-13(8-3-1)15-11-10-12-6-4-5-9-14(12)15/h1-17,25H,(H,27,29)(H2,30,31,32);1-11H. The zero-order valence-corrected chi connectivity index (χ0v) is 26.7. The zero-order valence-electron chi connectivity index (χ0n) is 25.8. The molecule has 0 fully saturated rings. The van der Waals surface area contributed by atoms with Crippen LogP contribution in [0.15, 0.2) is 170 Å². The quantitative estimate of drug-likeness (QED) is 0.157. The smallest absolute Gasteiger partial charge is 0.325 e. The minimum absolute atomic E-state index is 0.279. The molecule has 1 atom stereocenters. The van der Waals surface area contributed by atoms with Crippen molar-refractivity contribution in [2.75, 3.05) is 5.32 Å². The number of aromatic nitrogens is 2. The van der Waals surface area contributed by atoms with Gasteiger partial charge in [0.1, 0.15) is 0 Å². The Kier molecular flexibility index (Phi) is 8.49. The Morgan fingerprint density at radius 2 is 1.15 bits per heavy atom. The lowest BCUT2D eigenvalue weighted by atomic mass is 10.1. The van der Waals surface area contributed by atoms with Crippen molar-refractivity contribution in [3.8, 4) is 11.4 Å². The van der Waals surface area contributed by atoms with Crippen LogP contribution >= 0.6 is 7.60 Å². The van der Waals surface area contributed by atoms with Crippen molar-refractivity contribution in [3.05, 3.63) is 176 Å². The molecule has 0 spiro atoms. The molecule has 6 aromatic carbocycles. The van der Waals surface area contributed by atoms with Crippen molar-refractivity contribution in [1.82, 2.24) is 9.13 Å². The largest absolute Gasteiger partial charge is 0.342 e. The van der Waals surface area contributed by atoms with Crippen molar-refractivity contribution in [2.45, 2.75) is 5.66 Å². The molecule has 0 bridgehead atoms. The number of fused-ring (bicyclic) bond motifs is 3. The van der Waals surface area contributed by atoms with Crippen LogP contribution in [0.25, 0.3) is 44.0 Å². The number of para-hydroxylation sites is 4. The van der Waals surface area contributed by atoms with E-state index in [1.54, 1.807) is 30.5 Å². The summed E-state index contributed by atoms with van der Waals surface area (Å²) in [5.74, 6) is -0.755. The summed E-state index contributed by atoms with van der Waals surface area (Å²) in [6.07, 6.45) is 3.75. The number of nitrogens with zero attached hydrogens (tertiary/aromatic N) is 2. The first-order chi connectivity index (χ1) is 23.4. The molecular weight excluding hydrogens is 617 g/mol. The van der Waals surface area contributed by atoms with E-state index in [2.05, 4.69) is 70.7 Å².